The number of anilines is 1. The van der Waals surface area contributed by atoms with Gasteiger partial charge in [-0.15, -0.1) is 0 Å². The van der Waals surface area contributed by atoms with Crippen molar-refractivity contribution in [2.75, 3.05) is 19.5 Å². The highest BCUT2D eigenvalue weighted by atomic mass is 16.5. The first-order valence-electron chi connectivity index (χ1n) is 6.74. The van der Waals surface area contributed by atoms with Crippen molar-refractivity contribution >= 4 is 16.7 Å². The van der Waals surface area contributed by atoms with Crippen molar-refractivity contribution in [3.63, 3.8) is 0 Å². The molecule has 0 aliphatic heterocycles. The van der Waals surface area contributed by atoms with Gasteiger partial charge in [-0.3, -0.25) is 0 Å². The molecule has 3 rings (SSSR count). The molecule has 0 aliphatic rings. The molecule has 5 nitrogen and oxygen atoms in total. The standard InChI is InChI=1S/C16H17N3O2/c1-21-13-5-6-15-14(10-13)18-16(19(15)7-8-20)11-3-2-4-12(17)9-11/h2-6,9-10,20H,7-8,17H2,1H3. The van der Waals surface area contributed by atoms with Gasteiger partial charge in [0.2, 0.25) is 0 Å². The predicted octanol–water partition coefficient (Wildman–Crippen LogP) is 2.29. The lowest BCUT2D eigenvalue weighted by atomic mass is 10.2. The molecule has 0 amide bonds. The summed E-state index contributed by atoms with van der Waals surface area (Å²) in [5.41, 5.74) is 9.26. The van der Waals surface area contributed by atoms with Gasteiger partial charge < -0.3 is 20.1 Å². The zero-order valence-electron chi connectivity index (χ0n) is 11.8. The number of ether oxygens (including phenoxy) is 1. The number of hydrogen-bond acceptors (Lipinski definition) is 4. The summed E-state index contributed by atoms with van der Waals surface area (Å²) in [6, 6.07) is 13.3. The molecule has 0 spiro atoms. The lowest BCUT2D eigenvalue weighted by molar-refractivity contribution is 0.278. The second-order valence-electron chi connectivity index (χ2n) is 4.79. The van der Waals surface area contributed by atoms with E-state index in [1.54, 1.807) is 7.11 Å². The van der Waals surface area contributed by atoms with Crippen LogP contribution in [0, 0.1) is 0 Å². The Balaban J connectivity index is 2.23. The van der Waals surface area contributed by atoms with Crippen LogP contribution in [0.4, 0.5) is 5.69 Å². The fourth-order valence-electron chi connectivity index (χ4n) is 2.46. The van der Waals surface area contributed by atoms with Gasteiger partial charge in [-0.05, 0) is 24.3 Å². The maximum absolute atomic E-state index is 9.33. The summed E-state index contributed by atoms with van der Waals surface area (Å²) in [5, 5.41) is 9.33. The molecule has 3 aromatic rings. The van der Waals surface area contributed by atoms with Crippen LogP contribution >= 0.6 is 0 Å². The van der Waals surface area contributed by atoms with Gasteiger partial charge in [-0.1, -0.05) is 12.1 Å². The molecule has 0 aliphatic carbocycles. The average Bonchev–Trinajstić information content (AvgIpc) is 2.85. The largest absolute Gasteiger partial charge is 0.497 e. The molecule has 5 heteroatoms. The van der Waals surface area contributed by atoms with Gasteiger partial charge in [0.25, 0.3) is 0 Å². The Morgan fingerprint density at radius 3 is 2.81 bits per heavy atom. The van der Waals surface area contributed by atoms with E-state index < -0.39 is 0 Å². The molecule has 0 bridgehead atoms. The molecule has 0 unspecified atom stereocenters. The number of fused-ring (bicyclic) bond motifs is 1. The summed E-state index contributed by atoms with van der Waals surface area (Å²) in [4.78, 5) is 4.67. The maximum Gasteiger partial charge on any atom is 0.141 e. The number of imidazole rings is 1. The highest BCUT2D eigenvalue weighted by molar-refractivity contribution is 5.82. The van der Waals surface area contributed by atoms with E-state index in [9.17, 15) is 5.11 Å². The lowest BCUT2D eigenvalue weighted by Crippen LogP contribution is -2.04. The number of nitrogens with two attached hydrogens (primary N) is 1. The first-order valence-corrected chi connectivity index (χ1v) is 6.74. The zero-order chi connectivity index (χ0) is 14.8. The van der Waals surface area contributed by atoms with E-state index in [0.29, 0.717) is 12.2 Å². The molecule has 0 atom stereocenters. The molecular formula is C16H17N3O2. The van der Waals surface area contributed by atoms with Crippen molar-refractivity contribution in [1.82, 2.24) is 9.55 Å². The van der Waals surface area contributed by atoms with Gasteiger partial charge in [0.1, 0.15) is 11.6 Å². The van der Waals surface area contributed by atoms with E-state index >= 15 is 0 Å². The van der Waals surface area contributed by atoms with Crippen LogP contribution in [-0.2, 0) is 6.54 Å². The Hall–Kier alpha value is -2.53. The Kier molecular flexibility index (Phi) is 3.50. The highest BCUT2D eigenvalue weighted by Gasteiger charge is 2.13. The van der Waals surface area contributed by atoms with Crippen molar-refractivity contribution in [3.8, 4) is 17.1 Å². The van der Waals surface area contributed by atoms with Gasteiger partial charge in [0.15, 0.2) is 0 Å². The van der Waals surface area contributed by atoms with Gasteiger partial charge in [-0.25, -0.2) is 4.98 Å². The SMILES string of the molecule is COc1ccc2c(c1)nc(-c1cccc(N)c1)n2CCO. The van der Waals surface area contributed by atoms with Crippen molar-refractivity contribution in [2.24, 2.45) is 0 Å². The molecule has 21 heavy (non-hydrogen) atoms. The Labute approximate surface area is 122 Å². The minimum absolute atomic E-state index is 0.0484. The quantitative estimate of drug-likeness (QED) is 0.720. The van der Waals surface area contributed by atoms with Crippen LogP contribution in [0.2, 0.25) is 0 Å². The average molecular weight is 283 g/mol. The number of nitrogens with zero attached hydrogens (tertiary/aromatic N) is 2. The van der Waals surface area contributed by atoms with E-state index in [0.717, 1.165) is 28.2 Å². The van der Waals surface area contributed by atoms with Crippen LogP contribution in [0.1, 0.15) is 0 Å². The number of benzene rings is 2. The van der Waals surface area contributed by atoms with Crippen LogP contribution < -0.4 is 10.5 Å². The Bertz CT molecular complexity index is 780. The normalized spacial score (nSPS) is 11.0. The molecule has 1 aromatic heterocycles. The second-order valence-corrected chi connectivity index (χ2v) is 4.79. The van der Waals surface area contributed by atoms with Crippen molar-refractivity contribution in [2.45, 2.75) is 6.54 Å². The third-order valence-corrected chi connectivity index (χ3v) is 3.42. The maximum atomic E-state index is 9.33. The van der Waals surface area contributed by atoms with Crippen LogP contribution in [0.15, 0.2) is 42.5 Å². The first kappa shape index (κ1) is 13.5. The molecule has 0 radical (unpaired) electrons. The molecule has 0 saturated carbocycles. The number of aliphatic hydroxyl groups excluding tert-OH is 1. The van der Waals surface area contributed by atoms with Crippen molar-refractivity contribution in [1.29, 1.82) is 0 Å². The summed E-state index contributed by atoms with van der Waals surface area (Å²) in [6.07, 6.45) is 0. The summed E-state index contributed by atoms with van der Waals surface area (Å²) in [5.74, 6) is 1.55. The number of hydrogen-bond donors (Lipinski definition) is 2. The summed E-state index contributed by atoms with van der Waals surface area (Å²) in [6.45, 7) is 0.528. The molecule has 108 valence electrons. The van der Waals surface area contributed by atoms with E-state index in [1.165, 1.54) is 0 Å². The molecule has 0 fully saturated rings. The van der Waals surface area contributed by atoms with Crippen molar-refractivity contribution < 1.29 is 9.84 Å². The molecular weight excluding hydrogens is 266 g/mol. The minimum atomic E-state index is 0.0484. The summed E-state index contributed by atoms with van der Waals surface area (Å²) < 4.78 is 7.23. The lowest BCUT2D eigenvalue weighted by Gasteiger charge is -2.08. The summed E-state index contributed by atoms with van der Waals surface area (Å²) >= 11 is 0. The predicted molar refractivity (Wildman–Crippen MR) is 83.2 cm³/mol. The van der Waals surface area contributed by atoms with Crippen LogP contribution in [0.25, 0.3) is 22.4 Å². The molecule has 1 heterocycles. The van der Waals surface area contributed by atoms with Crippen LogP contribution in [0.3, 0.4) is 0 Å². The fourth-order valence-corrected chi connectivity index (χ4v) is 2.46. The first-order chi connectivity index (χ1) is 10.2. The van der Waals surface area contributed by atoms with Crippen molar-refractivity contribution in [3.05, 3.63) is 42.5 Å². The Morgan fingerprint density at radius 2 is 2.10 bits per heavy atom. The number of aromatic nitrogens is 2. The molecule has 0 saturated heterocycles. The minimum Gasteiger partial charge on any atom is -0.497 e. The molecule has 2 aromatic carbocycles. The number of aliphatic hydroxyl groups is 1. The smallest absolute Gasteiger partial charge is 0.141 e. The highest BCUT2D eigenvalue weighted by Crippen LogP contribution is 2.28. The van der Waals surface area contributed by atoms with E-state index in [2.05, 4.69) is 4.98 Å². The fraction of sp³-hybridized carbons (Fsp3) is 0.188. The second kappa shape index (κ2) is 5.46. The molecule has 3 N–H and O–H groups in total. The van der Waals surface area contributed by atoms with Gasteiger partial charge in [-0.2, -0.15) is 0 Å². The number of methoxy groups -OCH3 is 1. The van der Waals surface area contributed by atoms with E-state index in [4.69, 9.17) is 10.5 Å². The van der Waals surface area contributed by atoms with Crippen LogP contribution in [-0.4, -0.2) is 28.4 Å². The van der Waals surface area contributed by atoms with Gasteiger partial charge in [0, 0.05) is 23.9 Å². The number of nitrogen functional groups attached to an aromatic ring is 1. The zero-order valence-corrected chi connectivity index (χ0v) is 11.8. The third-order valence-electron chi connectivity index (χ3n) is 3.42. The van der Waals surface area contributed by atoms with Gasteiger partial charge in [0.05, 0.1) is 24.8 Å². The number of rotatable bonds is 4. The Morgan fingerprint density at radius 1 is 1.24 bits per heavy atom. The summed E-state index contributed by atoms with van der Waals surface area (Å²) in [7, 11) is 1.63. The topological polar surface area (TPSA) is 73.3 Å². The van der Waals surface area contributed by atoms with E-state index in [-0.39, 0.29) is 6.61 Å². The van der Waals surface area contributed by atoms with Crippen LogP contribution in [0.5, 0.6) is 5.75 Å². The van der Waals surface area contributed by atoms with E-state index in [1.807, 2.05) is 47.0 Å². The van der Waals surface area contributed by atoms with Gasteiger partial charge >= 0.3 is 0 Å². The third kappa shape index (κ3) is 2.43. The monoisotopic (exact) mass is 283 g/mol.